The lowest BCUT2D eigenvalue weighted by Crippen LogP contribution is -2.31. The van der Waals surface area contributed by atoms with Crippen LogP contribution in [0.1, 0.15) is 27.2 Å². The Morgan fingerprint density at radius 1 is 1.27 bits per heavy atom. The van der Waals surface area contributed by atoms with E-state index in [1.165, 1.54) is 0 Å². The molecule has 1 aliphatic rings. The quantitative estimate of drug-likeness (QED) is 0.538. The molecule has 0 aromatic heterocycles. The Morgan fingerprint density at radius 2 is 1.82 bits per heavy atom. The molecule has 0 aromatic rings. The summed E-state index contributed by atoms with van der Waals surface area (Å²) in [5, 5.41) is 9.22. The van der Waals surface area contributed by atoms with Crippen molar-refractivity contribution in [3.63, 3.8) is 0 Å². The summed E-state index contributed by atoms with van der Waals surface area (Å²) in [6, 6.07) is 0. The van der Waals surface area contributed by atoms with Crippen LogP contribution in [0.2, 0.25) is 25.2 Å². The van der Waals surface area contributed by atoms with Gasteiger partial charge in [-0.25, -0.2) is 0 Å². The van der Waals surface area contributed by atoms with E-state index in [1.807, 2.05) is 0 Å². The van der Waals surface area contributed by atoms with Crippen molar-refractivity contribution >= 4 is 8.07 Å². The molecule has 1 rings (SSSR count). The molecule has 0 fully saturated rings. The standard InChI is InChI=1S/C19H34O2Si/c1-18(2,14-15-20)17(21-4)10-13-19(3)11-8-16(9-12-19)22(5,6)7/h8-13,16-17,20H,14-15H2,1-7H3/b13-10+. The van der Waals surface area contributed by atoms with E-state index in [1.54, 1.807) is 7.11 Å². The Labute approximate surface area is 138 Å². The highest BCUT2D eigenvalue weighted by atomic mass is 28.3. The van der Waals surface area contributed by atoms with Gasteiger partial charge in [-0.2, -0.15) is 0 Å². The molecule has 0 aliphatic heterocycles. The molecule has 3 heteroatoms. The van der Waals surface area contributed by atoms with Crippen molar-refractivity contribution in [2.45, 2.75) is 58.5 Å². The Morgan fingerprint density at radius 3 is 2.23 bits per heavy atom. The van der Waals surface area contributed by atoms with Crippen molar-refractivity contribution in [3.8, 4) is 0 Å². The van der Waals surface area contributed by atoms with Crippen LogP contribution in [0.25, 0.3) is 0 Å². The van der Waals surface area contributed by atoms with Crippen LogP contribution >= 0.6 is 0 Å². The van der Waals surface area contributed by atoms with Crippen LogP contribution < -0.4 is 0 Å². The van der Waals surface area contributed by atoms with Gasteiger partial charge in [-0.3, -0.25) is 0 Å². The second kappa shape index (κ2) is 7.29. The Bertz CT molecular complexity index is 427. The molecule has 0 spiro atoms. The number of hydrogen-bond acceptors (Lipinski definition) is 2. The fraction of sp³-hybridized carbons (Fsp3) is 0.684. The molecule has 2 nitrogen and oxygen atoms in total. The SMILES string of the molecule is COC(/C=C/C1(C)C=CC([Si](C)(C)C)C=C1)C(C)(C)CCO. The highest BCUT2D eigenvalue weighted by Crippen LogP contribution is 2.36. The minimum atomic E-state index is -1.16. The van der Waals surface area contributed by atoms with Gasteiger partial charge < -0.3 is 9.84 Å². The second-order valence-corrected chi connectivity index (χ2v) is 13.9. The first-order valence-electron chi connectivity index (χ1n) is 8.26. The van der Waals surface area contributed by atoms with Crippen molar-refractivity contribution in [1.82, 2.24) is 0 Å². The Hall–Kier alpha value is -0.643. The van der Waals surface area contributed by atoms with E-state index < -0.39 is 8.07 Å². The van der Waals surface area contributed by atoms with Crippen LogP contribution in [0, 0.1) is 10.8 Å². The largest absolute Gasteiger partial charge is 0.396 e. The normalized spacial score (nSPS) is 27.5. The molecule has 1 N–H and O–H groups in total. The molecule has 1 atom stereocenters. The third kappa shape index (κ3) is 5.22. The van der Waals surface area contributed by atoms with Crippen LogP contribution in [0.4, 0.5) is 0 Å². The number of rotatable bonds is 7. The molecule has 1 unspecified atom stereocenters. The van der Waals surface area contributed by atoms with Gasteiger partial charge in [0, 0.05) is 19.1 Å². The highest BCUT2D eigenvalue weighted by Gasteiger charge is 2.29. The molecule has 0 saturated heterocycles. The van der Waals surface area contributed by atoms with Crippen LogP contribution in [0.3, 0.4) is 0 Å². The molecule has 0 bridgehead atoms. The van der Waals surface area contributed by atoms with Crippen molar-refractivity contribution in [3.05, 3.63) is 36.5 Å². The number of ether oxygens (including phenoxy) is 1. The first kappa shape index (κ1) is 19.4. The topological polar surface area (TPSA) is 29.5 Å². The van der Waals surface area contributed by atoms with Gasteiger partial charge in [0.05, 0.1) is 14.2 Å². The van der Waals surface area contributed by atoms with Gasteiger partial charge in [0.15, 0.2) is 0 Å². The van der Waals surface area contributed by atoms with E-state index in [9.17, 15) is 5.11 Å². The van der Waals surface area contributed by atoms with E-state index >= 15 is 0 Å². The summed E-state index contributed by atoms with van der Waals surface area (Å²) in [6.07, 6.45) is 14.5. The van der Waals surface area contributed by atoms with Gasteiger partial charge in [-0.1, -0.05) is 69.9 Å². The number of allylic oxidation sites excluding steroid dienone is 5. The minimum Gasteiger partial charge on any atom is -0.396 e. The van der Waals surface area contributed by atoms with Crippen LogP contribution in [-0.2, 0) is 4.74 Å². The molecular formula is C19H34O2Si. The van der Waals surface area contributed by atoms with Crippen LogP contribution in [0.15, 0.2) is 36.5 Å². The lowest BCUT2D eigenvalue weighted by atomic mass is 9.80. The van der Waals surface area contributed by atoms with Crippen molar-refractivity contribution < 1.29 is 9.84 Å². The van der Waals surface area contributed by atoms with Gasteiger partial charge in [0.2, 0.25) is 0 Å². The molecule has 0 radical (unpaired) electrons. The minimum absolute atomic E-state index is 0.00740. The summed E-state index contributed by atoms with van der Waals surface area (Å²) >= 11 is 0. The maximum atomic E-state index is 9.22. The van der Waals surface area contributed by atoms with Crippen molar-refractivity contribution in [2.75, 3.05) is 13.7 Å². The zero-order valence-corrected chi connectivity index (χ0v) is 16.4. The van der Waals surface area contributed by atoms with E-state index in [0.29, 0.717) is 5.54 Å². The number of aliphatic hydroxyl groups is 1. The first-order chi connectivity index (χ1) is 10.0. The molecule has 126 valence electrons. The van der Waals surface area contributed by atoms with Gasteiger partial charge in [0.25, 0.3) is 0 Å². The molecule has 0 aromatic carbocycles. The summed E-state index contributed by atoms with van der Waals surface area (Å²) in [6.45, 7) is 13.9. The van der Waals surface area contributed by atoms with Crippen molar-refractivity contribution in [1.29, 1.82) is 0 Å². The average Bonchev–Trinajstić information content (AvgIpc) is 2.38. The fourth-order valence-corrected chi connectivity index (χ4v) is 4.16. The van der Waals surface area contributed by atoms with Gasteiger partial charge >= 0.3 is 0 Å². The maximum Gasteiger partial charge on any atom is 0.0804 e. The Kier molecular flexibility index (Phi) is 6.43. The lowest BCUT2D eigenvalue weighted by Gasteiger charge is -2.33. The Balaban J connectivity index is 2.83. The molecular weight excluding hydrogens is 288 g/mol. The predicted octanol–water partition coefficient (Wildman–Crippen LogP) is 4.81. The van der Waals surface area contributed by atoms with Gasteiger partial charge in [-0.15, -0.1) is 0 Å². The van der Waals surface area contributed by atoms with Crippen molar-refractivity contribution in [2.24, 2.45) is 10.8 Å². The third-order valence-corrected chi connectivity index (χ3v) is 7.12. The smallest absolute Gasteiger partial charge is 0.0804 e. The van der Waals surface area contributed by atoms with Gasteiger partial charge in [-0.05, 0) is 24.3 Å². The number of hydrogen-bond donors (Lipinski definition) is 1. The third-order valence-electron chi connectivity index (χ3n) is 4.74. The van der Waals surface area contributed by atoms with Crippen LogP contribution in [-0.4, -0.2) is 33.0 Å². The molecule has 22 heavy (non-hydrogen) atoms. The first-order valence-corrected chi connectivity index (χ1v) is 11.8. The van der Waals surface area contributed by atoms with Gasteiger partial charge in [0.1, 0.15) is 0 Å². The molecule has 0 heterocycles. The summed E-state index contributed by atoms with van der Waals surface area (Å²) in [7, 11) is 0.579. The summed E-state index contributed by atoms with van der Waals surface area (Å²) in [4.78, 5) is 0. The summed E-state index contributed by atoms with van der Waals surface area (Å²) in [5.41, 5.74) is 0.514. The van der Waals surface area contributed by atoms with E-state index in [4.69, 9.17) is 4.74 Å². The summed E-state index contributed by atoms with van der Waals surface area (Å²) < 4.78 is 5.64. The maximum absolute atomic E-state index is 9.22. The summed E-state index contributed by atoms with van der Waals surface area (Å²) in [5.74, 6) is 0. The lowest BCUT2D eigenvalue weighted by molar-refractivity contribution is 0.0269. The monoisotopic (exact) mass is 322 g/mol. The highest BCUT2D eigenvalue weighted by molar-refractivity contribution is 6.78. The van der Waals surface area contributed by atoms with Crippen LogP contribution in [0.5, 0.6) is 0 Å². The fourth-order valence-electron chi connectivity index (χ4n) is 2.81. The molecule has 1 aliphatic carbocycles. The van der Waals surface area contributed by atoms with E-state index in [0.717, 1.165) is 6.42 Å². The zero-order valence-electron chi connectivity index (χ0n) is 15.4. The van der Waals surface area contributed by atoms with E-state index in [2.05, 4.69) is 76.9 Å². The molecule has 0 saturated carbocycles. The average molecular weight is 323 g/mol. The zero-order chi connectivity index (χ0) is 17.0. The predicted molar refractivity (Wildman–Crippen MR) is 98.9 cm³/mol. The molecule has 0 amide bonds. The number of aliphatic hydroxyl groups excluding tert-OH is 1. The van der Waals surface area contributed by atoms with E-state index in [-0.39, 0.29) is 23.5 Å². The second-order valence-electron chi connectivity index (χ2n) is 8.45. The number of methoxy groups -OCH3 is 1.